The summed E-state index contributed by atoms with van der Waals surface area (Å²) in [5.41, 5.74) is 0. The normalized spacial score (nSPS) is 31.7. The number of hydrogen-bond donors (Lipinski definition) is 1. The highest BCUT2D eigenvalue weighted by atomic mass is 14.9. The lowest BCUT2D eigenvalue weighted by Gasteiger charge is -2.36. The van der Waals surface area contributed by atoms with Crippen molar-refractivity contribution in [2.75, 3.05) is 6.54 Å². The average Bonchev–Trinajstić information content (AvgIpc) is 2.22. The van der Waals surface area contributed by atoms with Crippen LogP contribution in [0.5, 0.6) is 0 Å². The van der Waals surface area contributed by atoms with Crippen molar-refractivity contribution in [3.8, 4) is 0 Å². The van der Waals surface area contributed by atoms with Gasteiger partial charge in [-0.3, -0.25) is 0 Å². The molecule has 0 heterocycles. The van der Waals surface area contributed by atoms with Gasteiger partial charge in [0.1, 0.15) is 0 Å². The van der Waals surface area contributed by atoms with Gasteiger partial charge in [0.05, 0.1) is 0 Å². The second kappa shape index (κ2) is 6.05. The van der Waals surface area contributed by atoms with Crippen LogP contribution in [0.4, 0.5) is 0 Å². The van der Waals surface area contributed by atoms with Crippen LogP contribution in [-0.2, 0) is 0 Å². The molecular formula is C15H29N. The summed E-state index contributed by atoms with van der Waals surface area (Å²) in [4.78, 5) is 0. The summed E-state index contributed by atoms with van der Waals surface area (Å²) < 4.78 is 0. The largest absolute Gasteiger partial charge is 0.314 e. The Hall–Kier alpha value is -0.0400. The molecule has 2 aliphatic carbocycles. The van der Waals surface area contributed by atoms with Gasteiger partial charge in [-0.15, -0.1) is 0 Å². The van der Waals surface area contributed by atoms with E-state index in [9.17, 15) is 0 Å². The van der Waals surface area contributed by atoms with Crippen LogP contribution in [-0.4, -0.2) is 12.6 Å². The van der Waals surface area contributed by atoms with Gasteiger partial charge in [0.25, 0.3) is 0 Å². The van der Waals surface area contributed by atoms with Crippen LogP contribution >= 0.6 is 0 Å². The van der Waals surface area contributed by atoms with Gasteiger partial charge in [-0.2, -0.15) is 0 Å². The zero-order valence-corrected chi connectivity index (χ0v) is 11.2. The first kappa shape index (κ1) is 12.4. The fraction of sp³-hybridized carbons (Fsp3) is 1.00. The molecule has 0 aromatic heterocycles. The van der Waals surface area contributed by atoms with Gasteiger partial charge >= 0.3 is 0 Å². The maximum atomic E-state index is 3.85. The van der Waals surface area contributed by atoms with E-state index in [1.54, 1.807) is 0 Å². The quantitative estimate of drug-likeness (QED) is 0.743. The van der Waals surface area contributed by atoms with Crippen LogP contribution in [0.2, 0.25) is 0 Å². The van der Waals surface area contributed by atoms with Gasteiger partial charge in [-0.25, -0.2) is 0 Å². The van der Waals surface area contributed by atoms with Gasteiger partial charge < -0.3 is 5.32 Å². The summed E-state index contributed by atoms with van der Waals surface area (Å²) >= 11 is 0. The first-order chi connectivity index (χ1) is 7.77. The summed E-state index contributed by atoms with van der Waals surface area (Å²) in [6, 6.07) is 0.828. The van der Waals surface area contributed by atoms with E-state index in [-0.39, 0.29) is 0 Å². The zero-order valence-electron chi connectivity index (χ0n) is 11.2. The summed E-state index contributed by atoms with van der Waals surface area (Å²) in [5.74, 6) is 2.87. The number of nitrogens with one attached hydrogen (secondary N) is 1. The van der Waals surface area contributed by atoms with Gasteiger partial charge in [-0.05, 0) is 43.6 Å². The number of hydrogen-bond acceptors (Lipinski definition) is 1. The molecule has 2 unspecified atom stereocenters. The van der Waals surface area contributed by atoms with Gasteiger partial charge in [0.2, 0.25) is 0 Å². The van der Waals surface area contributed by atoms with Gasteiger partial charge in [0, 0.05) is 6.04 Å². The minimum Gasteiger partial charge on any atom is -0.314 e. The first-order valence-electron chi connectivity index (χ1n) is 7.50. The van der Waals surface area contributed by atoms with Crippen LogP contribution in [0.15, 0.2) is 0 Å². The molecule has 0 bridgehead atoms. The maximum Gasteiger partial charge on any atom is 0.00977 e. The third-order valence-corrected chi connectivity index (χ3v) is 4.86. The predicted molar refractivity (Wildman–Crippen MR) is 70.5 cm³/mol. The second-order valence-electron chi connectivity index (χ2n) is 6.34. The van der Waals surface area contributed by atoms with E-state index < -0.39 is 0 Å². The second-order valence-corrected chi connectivity index (χ2v) is 6.34. The van der Waals surface area contributed by atoms with E-state index in [0.717, 1.165) is 23.8 Å². The van der Waals surface area contributed by atoms with Crippen molar-refractivity contribution in [2.24, 2.45) is 17.8 Å². The van der Waals surface area contributed by atoms with Gasteiger partial charge in [0.15, 0.2) is 0 Å². The van der Waals surface area contributed by atoms with Crippen LogP contribution in [0.1, 0.15) is 65.2 Å². The Morgan fingerprint density at radius 3 is 2.38 bits per heavy atom. The van der Waals surface area contributed by atoms with Crippen LogP contribution < -0.4 is 5.32 Å². The zero-order chi connectivity index (χ0) is 11.4. The molecule has 0 aliphatic heterocycles. The molecule has 0 amide bonds. The molecule has 2 aliphatic rings. The molecule has 2 atom stereocenters. The van der Waals surface area contributed by atoms with E-state index >= 15 is 0 Å². The molecular weight excluding hydrogens is 194 g/mol. The minimum atomic E-state index is 0.828. The third-order valence-electron chi connectivity index (χ3n) is 4.86. The average molecular weight is 223 g/mol. The van der Waals surface area contributed by atoms with E-state index in [2.05, 4.69) is 19.2 Å². The lowest BCUT2D eigenvalue weighted by Crippen LogP contribution is -2.41. The minimum absolute atomic E-state index is 0.828. The van der Waals surface area contributed by atoms with E-state index in [1.807, 2.05) is 0 Å². The maximum absolute atomic E-state index is 3.85. The van der Waals surface area contributed by atoms with Crippen molar-refractivity contribution in [1.82, 2.24) is 5.32 Å². The Labute approximate surface area is 101 Å². The fourth-order valence-corrected chi connectivity index (χ4v) is 3.47. The molecule has 2 rings (SSSR count). The van der Waals surface area contributed by atoms with Crippen molar-refractivity contribution in [2.45, 2.75) is 71.3 Å². The molecule has 2 saturated carbocycles. The van der Waals surface area contributed by atoms with Crippen molar-refractivity contribution >= 4 is 0 Å². The smallest absolute Gasteiger partial charge is 0.00977 e. The Kier molecular flexibility index (Phi) is 4.69. The SMILES string of the molecule is CC(C)C1CCCCC1NCCC1CCC1. The molecule has 1 heteroatoms. The lowest BCUT2D eigenvalue weighted by atomic mass is 9.77. The van der Waals surface area contributed by atoms with Crippen molar-refractivity contribution in [3.05, 3.63) is 0 Å². The fourth-order valence-electron chi connectivity index (χ4n) is 3.47. The van der Waals surface area contributed by atoms with Crippen molar-refractivity contribution < 1.29 is 0 Å². The summed E-state index contributed by atoms with van der Waals surface area (Å²) in [6.07, 6.45) is 11.7. The highest BCUT2D eigenvalue weighted by molar-refractivity contribution is 4.83. The molecule has 1 N–H and O–H groups in total. The Morgan fingerprint density at radius 1 is 1.00 bits per heavy atom. The monoisotopic (exact) mass is 223 g/mol. The highest BCUT2D eigenvalue weighted by Crippen LogP contribution is 2.31. The third kappa shape index (κ3) is 3.23. The molecule has 94 valence electrons. The Bertz CT molecular complexity index is 196. The van der Waals surface area contributed by atoms with E-state index in [4.69, 9.17) is 0 Å². The van der Waals surface area contributed by atoms with Gasteiger partial charge in [-0.1, -0.05) is 46.0 Å². The summed E-state index contributed by atoms with van der Waals surface area (Å²) in [5, 5.41) is 3.85. The summed E-state index contributed by atoms with van der Waals surface area (Å²) in [7, 11) is 0. The number of rotatable bonds is 5. The van der Waals surface area contributed by atoms with Crippen molar-refractivity contribution in [1.29, 1.82) is 0 Å². The Morgan fingerprint density at radius 2 is 1.75 bits per heavy atom. The molecule has 0 saturated heterocycles. The van der Waals surface area contributed by atoms with Crippen LogP contribution in [0.3, 0.4) is 0 Å². The Balaban J connectivity index is 1.68. The first-order valence-corrected chi connectivity index (χ1v) is 7.50. The van der Waals surface area contributed by atoms with Crippen LogP contribution in [0, 0.1) is 17.8 Å². The van der Waals surface area contributed by atoms with Crippen molar-refractivity contribution in [3.63, 3.8) is 0 Å². The predicted octanol–water partition coefficient (Wildman–Crippen LogP) is 3.98. The van der Waals surface area contributed by atoms with E-state index in [0.29, 0.717) is 0 Å². The molecule has 16 heavy (non-hydrogen) atoms. The topological polar surface area (TPSA) is 12.0 Å². The summed E-state index contributed by atoms with van der Waals surface area (Å²) in [6.45, 7) is 6.08. The molecule has 0 aromatic carbocycles. The lowest BCUT2D eigenvalue weighted by molar-refractivity contribution is 0.197. The van der Waals surface area contributed by atoms with E-state index in [1.165, 1.54) is 57.9 Å². The van der Waals surface area contributed by atoms with Crippen LogP contribution in [0.25, 0.3) is 0 Å². The highest BCUT2D eigenvalue weighted by Gasteiger charge is 2.27. The molecule has 0 aromatic rings. The standard InChI is InChI=1S/C15H29N/c1-12(2)14-8-3-4-9-15(14)16-11-10-13-6-5-7-13/h12-16H,3-11H2,1-2H3. The molecule has 0 radical (unpaired) electrons. The molecule has 0 spiro atoms. The molecule has 2 fully saturated rings. The molecule has 1 nitrogen and oxygen atoms in total.